The van der Waals surface area contributed by atoms with E-state index in [1.54, 1.807) is 0 Å². The molecule has 0 fully saturated rings. The summed E-state index contributed by atoms with van der Waals surface area (Å²) in [7, 11) is 1.25. The van der Waals surface area contributed by atoms with Gasteiger partial charge in [-0.05, 0) is 12.1 Å². The van der Waals surface area contributed by atoms with Gasteiger partial charge in [-0.3, -0.25) is 4.84 Å². The molecule has 72 valence electrons. The summed E-state index contributed by atoms with van der Waals surface area (Å²) in [4.78, 5) is 4.30. The fourth-order valence-electron chi connectivity index (χ4n) is 0.996. The van der Waals surface area contributed by atoms with E-state index in [2.05, 4.69) is 9.57 Å². The van der Waals surface area contributed by atoms with Crippen LogP contribution >= 0.6 is 0 Å². The van der Waals surface area contributed by atoms with E-state index in [1.807, 2.05) is 0 Å². The van der Waals surface area contributed by atoms with E-state index in [-0.39, 0.29) is 12.4 Å². The second kappa shape index (κ2) is 4.15. The molecular formula is C8H9F2NO2. The van der Waals surface area contributed by atoms with Crippen LogP contribution in [0.5, 0.6) is 5.75 Å². The third kappa shape index (κ3) is 1.93. The van der Waals surface area contributed by atoms with Crippen LogP contribution in [0.3, 0.4) is 0 Å². The van der Waals surface area contributed by atoms with Crippen molar-refractivity contribution < 1.29 is 18.4 Å². The summed E-state index contributed by atoms with van der Waals surface area (Å²) in [5, 5.41) is 0. The van der Waals surface area contributed by atoms with Crippen LogP contribution in [-0.2, 0) is 11.4 Å². The summed E-state index contributed by atoms with van der Waals surface area (Å²) < 4.78 is 30.3. The Morgan fingerprint density at radius 1 is 1.38 bits per heavy atom. The summed E-state index contributed by atoms with van der Waals surface area (Å²) in [6, 6.07) is 2.34. The Morgan fingerprint density at radius 3 is 2.62 bits per heavy atom. The monoisotopic (exact) mass is 189 g/mol. The van der Waals surface area contributed by atoms with Crippen LogP contribution in [0.4, 0.5) is 8.78 Å². The topological polar surface area (TPSA) is 44.5 Å². The largest absolute Gasteiger partial charge is 0.493 e. The van der Waals surface area contributed by atoms with E-state index in [0.717, 1.165) is 6.07 Å². The average Bonchev–Trinajstić information content (AvgIpc) is 2.12. The van der Waals surface area contributed by atoms with Gasteiger partial charge in [0.05, 0.1) is 13.7 Å². The first-order valence-electron chi connectivity index (χ1n) is 3.53. The van der Waals surface area contributed by atoms with Crippen LogP contribution < -0.4 is 10.6 Å². The van der Waals surface area contributed by atoms with Crippen molar-refractivity contribution in [3.05, 3.63) is 29.3 Å². The Bertz CT molecular complexity index is 304. The second-order valence-electron chi connectivity index (χ2n) is 2.36. The Labute approximate surface area is 74.0 Å². The maximum Gasteiger partial charge on any atom is 0.200 e. The third-order valence-corrected chi connectivity index (χ3v) is 1.57. The molecule has 0 unspecified atom stereocenters. The molecule has 0 aliphatic carbocycles. The van der Waals surface area contributed by atoms with Crippen molar-refractivity contribution >= 4 is 0 Å². The molecule has 0 saturated carbocycles. The molecule has 2 N–H and O–H groups in total. The zero-order chi connectivity index (χ0) is 9.84. The standard InChI is InChI=1S/C8H9F2NO2/c1-12-8-5(4-13-11)2-3-6(9)7(8)10/h2-3H,4,11H2,1H3. The van der Waals surface area contributed by atoms with Crippen LogP contribution in [0, 0.1) is 11.6 Å². The molecule has 1 aromatic rings. The highest BCUT2D eigenvalue weighted by molar-refractivity contribution is 5.35. The van der Waals surface area contributed by atoms with Gasteiger partial charge in [0.15, 0.2) is 11.6 Å². The SMILES string of the molecule is COc1c(CON)ccc(F)c1F. The predicted octanol–water partition coefficient (Wildman–Crippen LogP) is 1.36. The normalized spacial score (nSPS) is 10.2. The van der Waals surface area contributed by atoms with E-state index in [0.29, 0.717) is 5.56 Å². The van der Waals surface area contributed by atoms with Crippen molar-refractivity contribution in [1.82, 2.24) is 0 Å². The van der Waals surface area contributed by atoms with Crippen molar-refractivity contribution in [3.8, 4) is 5.75 Å². The molecule has 1 rings (SSSR count). The van der Waals surface area contributed by atoms with Crippen LogP contribution in [0.15, 0.2) is 12.1 Å². The van der Waals surface area contributed by atoms with Crippen molar-refractivity contribution in [2.45, 2.75) is 6.61 Å². The van der Waals surface area contributed by atoms with Crippen molar-refractivity contribution in [2.75, 3.05) is 7.11 Å². The molecule has 3 nitrogen and oxygen atoms in total. The lowest BCUT2D eigenvalue weighted by atomic mass is 10.2. The van der Waals surface area contributed by atoms with Gasteiger partial charge < -0.3 is 4.74 Å². The Balaban J connectivity index is 3.13. The van der Waals surface area contributed by atoms with E-state index in [9.17, 15) is 8.78 Å². The number of ether oxygens (including phenoxy) is 1. The van der Waals surface area contributed by atoms with E-state index < -0.39 is 11.6 Å². The highest BCUT2D eigenvalue weighted by Gasteiger charge is 2.13. The van der Waals surface area contributed by atoms with Gasteiger partial charge in [-0.15, -0.1) is 0 Å². The van der Waals surface area contributed by atoms with Gasteiger partial charge in [0.1, 0.15) is 0 Å². The van der Waals surface area contributed by atoms with Crippen molar-refractivity contribution in [2.24, 2.45) is 5.90 Å². The molecule has 0 atom stereocenters. The van der Waals surface area contributed by atoms with Crippen LogP contribution in [0.1, 0.15) is 5.56 Å². The van der Waals surface area contributed by atoms with Crippen molar-refractivity contribution in [3.63, 3.8) is 0 Å². The highest BCUT2D eigenvalue weighted by atomic mass is 19.2. The maximum absolute atomic E-state index is 13.0. The van der Waals surface area contributed by atoms with Gasteiger partial charge in [-0.2, -0.15) is 4.39 Å². The number of rotatable bonds is 3. The maximum atomic E-state index is 13.0. The minimum atomic E-state index is -1.03. The fourth-order valence-corrected chi connectivity index (χ4v) is 0.996. The molecule has 0 bridgehead atoms. The molecule has 0 aliphatic rings. The molecule has 1 aromatic carbocycles. The lowest BCUT2D eigenvalue weighted by molar-refractivity contribution is 0.121. The van der Waals surface area contributed by atoms with E-state index >= 15 is 0 Å². The second-order valence-corrected chi connectivity index (χ2v) is 2.36. The quantitative estimate of drug-likeness (QED) is 0.730. The zero-order valence-electron chi connectivity index (χ0n) is 7.01. The summed E-state index contributed by atoms with van der Waals surface area (Å²) in [6.45, 7) is -0.0274. The smallest absolute Gasteiger partial charge is 0.200 e. The Hall–Kier alpha value is -1.20. The molecule has 5 heteroatoms. The Morgan fingerprint density at radius 2 is 2.08 bits per heavy atom. The number of benzene rings is 1. The predicted molar refractivity (Wildman–Crippen MR) is 41.9 cm³/mol. The van der Waals surface area contributed by atoms with Gasteiger partial charge in [0.25, 0.3) is 0 Å². The minimum Gasteiger partial charge on any atom is -0.493 e. The molecule has 13 heavy (non-hydrogen) atoms. The van der Waals surface area contributed by atoms with E-state index in [1.165, 1.54) is 13.2 Å². The highest BCUT2D eigenvalue weighted by Crippen LogP contribution is 2.24. The van der Waals surface area contributed by atoms with Gasteiger partial charge in [0.2, 0.25) is 5.82 Å². The first kappa shape index (κ1) is 9.88. The minimum absolute atomic E-state index is 0.0274. The molecular weight excluding hydrogens is 180 g/mol. The molecule has 0 heterocycles. The van der Waals surface area contributed by atoms with E-state index in [4.69, 9.17) is 5.90 Å². The van der Waals surface area contributed by atoms with Gasteiger partial charge in [-0.1, -0.05) is 0 Å². The van der Waals surface area contributed by atoms with Crippen molar-refractivity contribution in [1.29, 1.82) is 0 Å². The molecule has 0 saturated heterocycles. The summed E-state index contributed by atoms with van der Waals surface area (Å²) in [5.41, 5.74) is 0.365. The first-order chi connectivity index (χ1) is 6.20. The van der Waals surface area contributed by atoms with Gasteiger partial charge in [-0.25, -0.2) is 10.3 Å². The number of halogens is 2. The van der Waals surface area contributed by atoms with Crippen LogP contribution in [0.25, 0.3) is 0 Å². The lowest BCUT2D eigenvalue weighted by Crippen LogP contribution is -2.03. The Kier molecular flexibility index (Phi) is 3.16. The third-order valence-electron chi connectivity index (χ3n) is 1.57. The number of nitrogens with two attached hydrogens (primary N) is 1. The van der Waals surface area contributed by atoms with Gasteiger partial charge in [0, 0.05) is 5.56 Å². The average molecular weight is 189 g/mol. The van der Waals surface area contributed by atoms with Crippen LogP contribution in [-0.4, -0.2) is 7.11 Å². The molecule has 0 spiro atoms. The first-order valence-corrected chi connectivity index (χ1v) is 3.53. The fraction of sp³-hybridized carbons (Fsp3) is 0.250. The summed E-state index contributed by atoms with van der Waals surface area (Å²) >= 11 is 0. The number of hydrogen-bond acceptors (Lipinski definition) is 3. The molecule has 0 aromatic heterocycles. The zero-order valence-corrected chi connectivity index (χ0v) is 7.01. The summed E-state index contributed by atoms with van der Waals surface area (Å²) in [6.07, 6.45) is 0. The number of methoxy groups -OCH3 is 1. The van der Waals surface area contributed by atoms with Gasteiger partial charge >= 0.3 is 0 Å². The molecule has 0 amide bonds. The molecule has 0 radical (unpaired) electrons. The molecule has 0 aliphatic heterocycles. The van der Waals surface area contributed by atoms with Crippen LogP contribution in [0.2, 0.25) is 0 Å². The number of hydrogen-bond donors (Lipinski definition) is 1. The lowest BCUT2D eigenvalue weighted by Gasteiger charge is -2.08. The summed E-state index contributed by atoms with van der Waals surface area (Å²) in [5.74, 6) is 2.63.